The maximum Gasteiger partial charge on any atom is 0.338 e. The molecule has 1 aromatic heterocycles. The summed E-state index contributed by atoms with van der Waals surface area (Å²) in [5.74, 6) is -0.385. The lowest BCUT2D eigenvalue weighted by Gasteiger charge is -2.13. The summed E-state index contributed by atoms with van der Waals surface area (Å²) in [5, 5.41) is 11.1. The van der Waals surface area contributed by atoms with Gasteiger partial charge in [-0.25, -0.2) is 9.48 Å². The molecule has 0 unspecified atom stereocenters. The molecule has 110 valence electrons. The largest absolute Gasteiger partial charge is 0.465 e. The molecule has 0 aliphatic heterocycles. The van der Waals surface area contributed by atoms with Gasteiger partial charge in [-0.05, 0) is 46.2 Å². The Morgan fingerprint density at radius 3 is 2.59 bits per heavy atom. The molecule has 22 heavy (non-hydrogen) atoms. The van der Waals surface area contributed by atoms with E-state index in [2.05, 4.69) is 15.5 Å². The van der Waals surface area contributed by atoms with Gasteiger partial charge in [0.05, 0.1) is 18.4 Å². The molecule has 0 saturated heterocycles. The van der Waals surface area contributed by atoms with Crippen LogP contribution in [0.4, 0.5) is 0 Å². The van der Waals surface area contributed by atoms with E-state index in [-0.39, 0.29) is 5.97 Å². The average molecular weight is 294 g/mol. The summed E-state index contributed by atoms with van der Waals surface area (Å²) in [4.78, 5) is 12.1. The minimum absolute atomic E-state index is 0.385. The Kier molecular flexibility index (Phi) is 3.65. The van der Waals surface area contributed by atoms with Gasteiger partial charge in [0, 0.05) is 0 Å². The second kappa shape index (κ2) is 5.77. The SMILES string of the molecule is COC(=O)c1cc(-n2cnnn2)cc(-c2ccccc2)c1C. The highest BCUT2D eigenvalue weighted by Gasteiger charge is 2.16. The van der Waals surface area contributed by atoms with Gasteiger partial charge in [-0.3, -0.25) is 0 Å². The molecule has 6 heteroatoms. The number of carbonyl (C=O) groups is 1. The Hall–Kier alpha value is -3.02. The van der Waals surface area contributed by atoms with Gasteiger partial charge >= 0.3 is 5.97 Å². The molecule has 0 aliphatic carbocycles. The number of benzene rings is 2. The molecule has 2 aromatic carbocycles. The van der Waals surface area contributed by atoms with Crippen molar-refractivity contribution in [2.24, 2.45) is 0 Å². The van der Waals surface area contributed by atoms with Crippen molar-refractivity contribution in [3.05, 3.63) is 59.9 Å². The maximum absolute atomic E-state index is 12.1. The van der Waals surface area contributed by atoms with Gasteiger partial charge < -0.3 is 4.74 Å². The highest BCUT2D eigenvalue weighted by atomic mass is 16.5. The lowest BCUT2D eigenvalue weighted by molar-refractivity contribution is 0.0600. The van der Waals surface area contributed by atoms with E-state index in [0.29, 0.717) is 11.3 Å². The van der Waals surface area contributed by atoms with Gasteiger partial charge in [-0.2, -0.15) is 0 Å². The molecular formula is C16H14N4O2. The van der Waals surface area contributed by atoms with Crippen LogP contribution in [0.3, 0.4) is 0 Å². The van der Waals surface area contributed by atoms with E-state index in [1.54, 1.807) is 6.07 Å². The number of methoxy groups -OCH3 is 1. The van der Waals surface area contributed by atoms with Gasteiger partial charge in [0.25, 0.3) is 0 Å². The lowest BCUT2D eigenvalue weighted by atomic mass is 9.95. The average Bonchev–Trinajstić information content (AvgIpc) is 3.09. The minimum atomic E-state index is -0.385. The summed E-state index contributed by atoms with van der Waals surface area (Å²) >= 11 is 0. The van der Waals surface area contributed by atoms with Crippen molar-refractivity contribution < 1.29 is 9.53 Å². The molecule has 3 rings (SSSR count). The molecule has 0 bridgehead atoms. The van der Waals surface area contributed by atoms with Crippen molar-refractivity contribution in [2.45, 2.75) is 6.92 Å². The zero-order valence-electron chi connectivity index (χ0n) is 12.2. The maximum atomic E-state index is 12.1. The molecular weight excluding hydrogens is 280 g/mol. The standard InChI is InChI=1S/C16H14N4O2/c1-11-14(12-6-4-3-5-7-12)8-13(20-10-17-18-19-20)9-15(11)16(21)22-2/h3-10H,1-2H3. The van der Waals surface area contributed by atoms with Crippen molar-refractivity contribution in [3.8, 4) is 16.8 Å². The lowest BCUT2D eigenvalue weighted by Crippen LogP contribution is -2.07. The first-order valence-electron chi connectivity index (χ1n) is 6.72. The topological polar surface area (TPSA) is 69.9 Å². The first-order valence-corrected chi connectivity index (χ1v) is 6.72. The van der Waals surface area contributed by atoms with Crippen LogP contribution in [-0.2, 0) is 4.74 Å². The summed E-state index contributed by atoms with van der Waals surface area (Å²) in [6.45, 7) is 1.90. The molecule has 0 aliphatic rings. The normalized spacial score (nSPS) is 10.5. The van der Waals surface area contributed by atoms with Gasteiger partial charge in [0.1, 0.15) is 6.33 Å². The van der Waals surface area contributed by atoms with Crippen LogP contribution < -0.4 is 0 Å². The van der Waals surface area contributed by atoms with E-state index in [9.17, 15) is 4.79 Å². The van der Waals surface area contributed by atoms with E-state index in [4.69, 9.17) is 4.74 Å². The molecule has 6 nitrogen and oxygen atoms in total. The summed E-state index contributed by atoms with van der Waals surface area (Å²) < 4.78 is 6.39. The third-order valence-electron chi connectivity index (χ3n) is 3.50. The number of nitrogens with zero attached hydrogens (tertiary/aromatic N) is 4. The van der Waals surface area contributed by atoms with E-state index >= 15 is 0 Å². The third kappa shape index (κ3) is 2.46. The van der Waals surface area contributed by atoms with Crippen molar-refractivity contribution in [1.82, 2.24) is 20.2 Å². The van der Waals surface area contributed by atoms with Crippen LogP contribution >= 0.6 is 0 Å². The number of esters is 1. The molecule has 0 N–H and O–H groups in total. The quantitative estimate of drug-likeness (QED) is 0.694. The van der Waals surface area contributed by atoms with Gasteiger partial charge in [0.2, 0.25) is 0 Å². The fourth-order valence-electron chi connectivity index (χ4n) is 2.35. The van der Waals surface area contributed by atoms with E-state index < -0.39 is 0 Å². The van der Waals surface area contributed by atoms with E-state index in [1.165, 1.54) is 18.1 Å². The van der Waals surface area contributed by atoms with Gasteiger partial charge in [0.15, 0.2) is 0 Å². The Bertz CT molecular complexity index is 799. The Morgan fingerprint density at radius 2 is 1.95 bits per heavy atom. The minimum Gasteiger partial charge on any atom is -0.465 e. The second-order valence-electron chi connectivity index (χ2n) is 4.78. The first-order chi connectivity index (χ1) is 10.7. The Balaban J connectivity index is 2.24. The zero-order chi connectivity index (χ0) is 15.5. The number of rotatable bonds is 3. The number of ether oxygens (including phenoxy) is 1. The van der Waals surface area contributed by atoms with Crippen LogP contribution in [0, 0.1) is 6.92 Å². The van der Waals surface area contributed by atoms with Crippen molar-refractivity contribution in [3.63, 3.8) is 0 Å². The monoisotopic (exact) mass is 294 g/mol. The van der Waals surface area contributed by atoms with Crippen LogP contribution in [0.25, 0.3) is 16.8 Å². The first kappa shape index (κ1) is 13.9. The fraction of sp³-hybridized carbons (Fsp3) is 0.125. The van der Waals surface area contributed by atoms with Crippen molar-refractivity contribution in [1.29, 1.82) is 0 Å². The summed E-state index contributed by atoms with van der Waals surface area (Å²) in [6, 6.07) is 13.5. The number of hydrogen-bond acceptors (Lipinski definition) is 5. The Morgan fingerprint density at radius 1 is 1.18 bits per heavy atom. The highest BCUT2D eigenvalue weighted by molar-refractivity contribution is 5.94. The summed E-state index contributed by atoms with van der Waals surface area (Å²) in [5.41, 5.74) is 4.01. The molecule has 0 amide bonds. The highest BCUT2D eigenvalue weighted by Crippen LogP contribution is 2.29. The number of hydrogen-bond donors (Lipinski definition) is 0. The van der Waals surface area contributed by atoms with Crippen molar-refractivity contribution in [2.75, 3.05) is 7.11 Å². The number of carbonyl (C=O) groups excluding carboxylic acids is 1. The molecule has 1 heterocycles. The predicted molar refractivity (Wildman–Crippen MR) is 80.7 cm³/mol. The van der Waals surface area contributed by atoms with Gasteiger partial charge in [-0.15, -0.1) is 5.10 Å². The fourth-order valence-corrected chi connectivity index (χ4v) is 2.35. The third-order valence-corrected chi connectivity index (χ3v) is 3.50. The molecule has 3 aromatic rings. The van der Waals surface area contributed by atoms with Gasteiger partial charge in [-0.1, -0.05) is 30.3 Å². The molecule has 0 saturated carbocycles. The molecule has 0 spiro atoms. The van der Waals surface area contributed by atoms with Crippen LogP contribution in [0.2, 0.25) is 0 Å². The smallest absolute Gasteiger partial charge is 0.338 e. The van der Waals surface area contributed by atoms with E-state index in [0.717, 1.165) is 16.7 Å². The van der Waals surface area contributed by atoms with Crippen LogP contribution in [0.15, 0.2) is 48.8 Å². The van der Waals surface area contributed by atoms with Crippen LogP contribution in [0.5, 0.6) is 0 Å². The summed E-state index contributed by atoms with van der Waals surface area (Å²) in [6.07, 6.45) is 1.49. The molecule has 0 atom stereocenters. The van der Waals surface area contributed by atoms with Crippen molar-refractivity contribution >= 4 is 5.97 Å². The Labute approximate surface area is 127 Å². The molecule has 0 radical (unpaired) electrons. The second-order valence-corrected chi connectivity index (χ2v) is 4.78. The predicted octanol–water partition coefficient (Wildman–Crippen LogP) is 2.42. The van der Waals surface area contributed by atoms with Crippen LogP contribution in [-0.4, -0.2) is 33.3 Å². The van der Waals surface area contributed by atoms with E-state index in [1.807, 2.05) is 43.3 Å². The zero-order valence-corrected chi connectivity index (χ0v) is 12.2. The number of aromatic nitrogens is 4. The number of tetrazole rings is 1. The summed E-state index contributed by atoms with van der Waals surface area (Å²) in [7, 11) is 1.37. The molecule has 0 fully saturated rings. The van der Waals surface area contributed by atoms with Crippen LogP contribution in [0.1, 0.15) is 15.9 Å².